The largest absolute Gasteiger partial charge is 0.370 e. The van der Waals surface area contributed by atoms with Crippen molar-refractivity contribution in [3.05, 3.63) is 35.8 Å². The number of imidazole rings is 1. The zero-order valence-electron chi connectivity index (χ0n) is 16.9. The molecule has 0 aromatic carbocycles. The number of morpholine rings is 1. The summed E-state index contributed by atoms with van der Waals surface area (Å²) in [6, 6.07) is 5.68. The predicted molar refractivity (Wildman–Crippen MR) is 109 cm³/mol. The number of aromatic nitrogens is 2. The molecule has 0 aliphatic carbocycles. The zero-order chi connectivity index (χ0) is 20.9. The van der Waals surface area contributed by atoms with Crippen LogP contribution in [-0.4, -0.2) is 84.2 Å². The van der Waals surface area contributed by atoms with Gasteiger partial charge in [0.15, 0.2) is 9.84 Å². The third kappa shape index (κ3) is 3.73. The molecule has 2 atom stereocenters. The Labute approximate surface area is 175 Å². The van der Waals surface area contributed by atoms with Gasteiger partial charge in [-0.1, -0.05) is 6.07 Å². The van der Waals surface area contributed by atoms with Crippen LogP contribution in [0.3, 0.4) is 0 Å². The molecule has 10 heteroatoms. The Hall–Kier alpha value is -2.01. The molecule has 3 aliphatic rings. The summed E-state index contributed by atoms with van der Waals surface area (Å²) in [5.74, 6) is -0.218. The van der Waals surface area contributed by atoms with Gasteiger partial charge in [-0.3, -0.25) is 9.69 Å². The zero-order valence-corrected chi connectivity index (χ0v) is 17.7. The van der Waals surface area contributed by atoms with Gasteiger partial charge < -0.3 is 19.2 Å². The highest BCUT2D eigenvalue weighted by Crippen LogP contribution is 2.32. The minimum absolute atomic E-state index is 0.0134. The summed E-state index contributed by atoms with van der Waals surface area (Å²) in [4.78, 5) is 19.5. The van der Waals surface area contributed by atoms with Gasteiger partial charge in [0, 0.05) is 32.3 Å². The number of pyridine rings is 1. The first-order valence-electron chi connectivity index (χ1n) is 10.2. The molecule has 5 heterocycles. The quantitative estimate of drug-likeness (QED) is 0.718. The van der Waals surface area contributed by atoms with Crippen LogP contribution in [0, 0.1) is 6.92 Å². The summed E-state index contributed by atoms with van der Waals surface area (Å²) in [5, 5.41) is 2.79. The van der Waals surface area contributed by atoms with Gasteiger partial charge in [-0.05, 0) is 19.1 Å². The fourth-order valence-electron chi connectivity index (χ4n) is 4.65. The molecule has 0 radical (unpaired) electrons. The number of hydrogen-bond acceptors (Lipinski definition) is 7. The van der Waals surface area contributed by atoms with Gasteiger partial charge in [-0.15, -0.1) is 0 Å². The highest BCUT2D eigenvalue weighted by atomic mass is 32.2. The van der Waals surface area contributed by atoms with Gasteiger partial charge in [0.25, 0.3) is 0 Å². The summed E-state index contributed by atoms with van der Waals surface area (Å²) in [6.07, 6.45) is 1.90. The van der Waals surface area contributed by atoms with Gasteiger partial charge in [-0.2, -0.15) is 0 Å². The molecule has 3 fully saturated rings. The maximum atomic E-state index is 12.5. The van der Waals surface area contributed by atoms with E-state index in [1.54, 1.807) is 0 Å². The lowest BCUT2D eigenvalue weighted by Crippen LogP contribution is -2.55. The van der Waals surface area contributed by atoms with Gasteiger partial charge in [0.05, 0.1) is 42.1 Å². The van der Waals surface area contributed by atoms with Crippen LogP contribution in [0.5, 0.6) is 0 Å². The summed E-state index contributed by atoms with van der Waals surface area (Å²) in [5.41, 5.74) is 2.59. The average molecular weight is 435 g/mol. The SMILES string of the molecule is Cc1nc2ccccn2c1CN1CCOC2(COC(C(=O)NC3CS(=O)(=O)C3)C2)C1. The van der Waals surface area contributed by atoms with Crippen LogP contribution >= 0.6 is 0 Å². The molecule has 30 heavy (non-hydrogen) atoms. The fourth-order valence-corrected chi connectivity index (χ4v) is 5.95. The van der Waals surface area contributed by atoms with Crippen LogP contribution < -0.4 is 5.32 Å². The van der Waals surface area contributed by atoms with Crippen molar-refractivity contribution in [3.63, 3.8) is 0 Å². The highest BCUT2D eigenvalue weighted by Gasteiger charge is 2.48. The third-order valence-electron chi connectivity index (χ3n) is 6.18. The van der Waals surface area contributed by atoms with E-state index >= 15 is 0 Å². The molecule has 162 valence electrons. The summed E-state index contributed by atoms with van der Waals surface area (Å²) < 4.78 is 36.6. The molecule has 0 saturated carbocycles. The second-order valence-corrected chi connectivity index (χ2v) is 10.8. The normalized spacial score (nSPS) is 29.3. The van der Waals surface area contributed by atoms with Crippen molar-refractivity contribution >= 4 is 21.4 Å². The van der Waals surface area contributed by atoms with Crippen molar-refractivity contribution in [1.82, 2.24) is 19.6 Å². The Morgan fingerprint density at radius 2 is 2.20 bits per heavy atom. The van der Waals surface area contributed by atoms with Gasteiger partial charge in [0.2, 0.25) is 5.91 Å². The Bertz CT molecular complexity index is 1070. The molecule has 3 saturated heterocycles. The maximum absolute atomic E-state index is 12.5. The van der Waals surface area contributed by atoms with Gasteiger partial charge in [0.1, 0.15) is 17.4 Å². The number of nitrogens with one attached hydrogen (secondary N) is 1. The van der Waals surface area contributed by atoms with E-state index in [4.69, 9.17) is 9.47 Å². The lowest BCUT2D eigenvalue weighted by Gasteiger charge is -2.39. The van der Waals surface area contributed by atoms with Crippen LogP contribution in [-0.2, 0) is 30.7 Å². The van der Waals surface area contributed by atoms with Gasteiger partial charge >= 0.3 is 0 Å². The van der Waals surface area contributed by atoms with E-state index in [2.05, 4.69) is 19.6 Å². The molecule has 1 amide bonds. The average Bonchev–Trinajstić information content (AvgIpc) is 3.22. The van der Waals surface area contributed by atoms with E-state index in [9.17, 15) is 13.2 Å². The number of ether oxygens (including phenoxy) is 2. The summed E-state index contributed by atoms with van der Waals surface area (Å²) in [6.45, 7) is 5.19. The molecule has 2 unspecified atom stereocenters. The molecule has 2 aromatic rings. The standard InChI is InChI=1S/C20H26N4O5S/c1-14-16(24-5-3-2-4-18(24)21-14)9-23-6-7-29-20(12-23)8-17(28-13-20)19(25)22-15-10-30(26,27)11-15/h2-5,15,17H,6-13H2,1H3,(H,22,25). The van der Waals surface area contributed by atoms with Crippen molar-refractivity contribution in [2.75, 3.05) is 37.8 Å². The second-order valence-electron chi connectivity index (χ2n) is 8.60. The Kier molecular flexibility index (Phi) is 4.85. The van der Waals surface area contributed by atoms with E-state index in [1.807, 2.05) is 31.3 Å². The number of hydrogen-bond donors (Lipinski definition) is 1. The van der Waals surface area contributed by atoms with Crippen LogP contribution in [0.25, 0.3) is 5.65 Å². The van der Waals surface area contributed by atoms with E-state index < -0.39 is 21.5 Å². The first-order valence-corrected chi connectivity index (χ1v) is 12.1. The molecular formula is C20H26N4O5S. The first-order chi connectivity index (χ1) is 14.3. The lowest BCUT2D eigenvalue weighted by molar-refractivity contribution is -0.130. The molecule has 9 nitrogen and oxygen atoms in total. The number of aryl methyl sites for hydroxylation is 1. The Balaban J connectivity index is 1.23. The first kappa shape index (κ1) is 19.9. The number of sulfone groups is 1. The summed E-state index contributed by atoms with van der Waals surface area (Å²) >= 11 is 0. The number of carbonyl (C=O) groups is 1. The van der Waals surface area contributed by atoms with Crippen LogP contribution in [0.15, 0.2) is 24.4 Å². The second kappa shape index (κ2) is 7.30. The number of nitrogens with zero attached hydrogens (tertiary/aromatic N) is 3. The Morgan fingerprint density at radius 3 is 3.00 bits per heavy atom. The smallest absolute Gasteiger partial charge is 0.249 e. The number of amides is 1. The van der Waals surface area contributed by atoms with E-state index in [0.29, 0.717) is 26.2 Å². The molecule has 3 aliphatic heterocycles. The van der Waals surface area contributed by atoms with Crippen LogP contribution in [0.2, 0.25) is 0 Å². The van der Waals surface area contributed by atoms with E-state index in [1.165, 1.54) is 0 Å². The van der Waals surface area contributed by atoms with Crippen molar-refractivity contribution < 1.29 is 22.7 Å². The minimum Gasteiger partial charge on any atom is -0.370 e. The van der Waals surface area contributed by atoms with E-state index in [0.717, 1.165) is 30.1 Å². The lowest BCUT2D eigenvalue weighted by atomic mass is 9.97. The number of carbonyl (C=O) groups excluding carboxylic acids is 1. The molecule has 5 rings (SSSR count). The number of rotatable bonds is 4. The van der Waals surface area contributed by atoms with Crippen molar-refractivity contribution in [2.24, 2.45) is 0 Å². The molecular weight excluding hydrogens is 408 g/mol. The minimum atomic E-state index is -2.97. The predicted octanol–water partition coefficient (Wildman–Crippen LogP) is -0.0842. The topological polar surface area (TPSA) is 102 Å². The number of fused-ring (bicyclic) bond motifs is 1. The summed E-state index contributed by atoms with van der Waals surface area (Å²) in [7, 11) is -2.97. The highest BCUT2D eigenvalue weighted by molar-refractivity contribution is 7.92. The van der Waals surface area contributed by atoms with E-state index in [-0.39, 0.29) is 23.5 Å². The molecule has 0 bridgehead atoms. The van der Waals surface area contributed by atoms with Crippen molar-refractivity contribution in [3.8, 4) is 0 Å². The molecule has 2 aromatic heterocycles. The fraction of sp³-hybridized carbons (Fsp3) is 0.600. The van der Waals surface area contributed by atoms with Crippen molar-refractivity contribution in [1.29, 1.82) is 0 Å². The monoisotopic (exact) mass is 434 g/mol. The Morgan fingerprint density at radius 1 is 1.37 bits per heavy atom. The maximum Gasteiger partial charge on any atom is 0.249 e. The van der Waals surface area contributed by atoms with Crippen LogP contribution in [0.1, 0.15) is 17.8 Å². The molecule has 1 spiro atoms. The van der Waals surface area contributed by atoms with Gasteiger partial charge in [-0.25, -0.2) is 13.4 Å². The molecule has 1 N–H and O–H groups in total. The van der Waals surface area contributed by atoms with Crippen molar-refractivity contribution in [2.45, 2.75) is 37.6 Å². The van der Waals surface area contributed by atoms with Crippen LogP contribution in [0.4, 0.5) is 0 Å². The third-order valence-corrected chi connectivity index (χ3v) is 8.00.